The Balaban J connectivity index is 1.45. The Labute approximate surface area is 163 Å². The van der Waals surface area contributed by atoms with Crippen LogP contribution in [0.1, 0.15) is 29.9 Å². The first-order valence-electron chi connectivity index (χ1n) is 9.59. The molecular formula is C21H23FN4O2. The van der Waals surface area contributed by atoms with Crippen LogP contribution in [0.15, 0.2) is 42.7 Å². The molecule has 2 aliphatic rings. The molecule has 2 aromatic rings. The van der Waals surface area contributed by atoms with Crippen LogP contribution in [0.25, 0.3) is 0 Å². The van der Waals surface area contributed by atoms with E-state index in [4.69, 9.17) is 0 Å². The number of fused-ring (bicyclic) bond motifs is 1. The number of benzene rings is 1. The van der Waals surface area contributed by atoms with Crippen molar-refractivity contribution in [3.05, 3.63) is 59.7 Å². The van der Waals surface area contributed by atoms with Gasteiger partial charge in [0.2, 0.25) is 11.8 Å². The van der Waals surface area contributed by atoms with Crippen molar-refractivity contribution in [1.82, 2.24) is 14.8 Å². The summed E-state index contributed by atoms with van der Waals surface area (Å²) in [6, 6.07) is 8.17. The minimum absolute atomic E-state index is 0.0607. The number of rotatable bonds is 3. The molecule has 4 rings (SSSR count). The van der Waals surface area contributed by atoms with E-state index < -0.39 is 11.7 Å². The molecule has 3 heterocycles. The molecule has 0 saturated carbocycles. The fraction of sp³-hybridized carbons (Fsp3) is 0.381. The van der Waals surface area contributed by atoms with Crippen LogP contribution in [0.3, 0.4) is 0 Å². The lowest BCUT2D eigenvalue weighted by molar-refractivity contribution is -0.134. The summed E-state index contributed by atoms with van der Waals surface area (Å²) in [6.45, 7) is 3.70. The van der Waals surface area contributed by atoms with Gasteiger partial charge in [0.05, 0.1) is 5.92 Å². The molecule has 1 atom stereocenters. The van der Waals surface area contributed by atoms with Crippen molar-refractivity contribution >= 4 is 17.5 Å². The quantitative estimate of drug-likeness (QED) is 0.885. The summed E-state index contributed by atoms with van der Waals surface area (Å²) in [4.78, 5) is 33.5. The highest BCUT2D eigenvalue weighted by Crippen LogP contribution is 2.34. The van der Waals surface area contributed by atoms with Gasteiger partial charge in [-0.2, -0.15) is 0 Å². The molecule has 146 valence electrons. The van der Waals surface area contributed by atoms with Crippen molar-refractivity contribution in [2.24, 2.45) is 0 Å². The van der Waals surface area contributed by atoms with E-state index in [1.54, 1.807) is 6.20 Å². The third-order valence-electron chi connectivity index (χ3n) is 5.38. The van der Waals surface area contributed by atoms with E-state index in [1.807, 2.05) is 23.2 Å². The van der Waals surface area contributed by atoms with Gasteiger partial charge in [-0.15, -0.1) is 0 Å². The first kappa shape index (κ1) is 18.6. The Morgan fingerprint density at radius 2 is 2.11 bits per heavy atom. The zero-order chi connectivity index (χ0) is 19.5. The molecule has 0 aliphatic carbocycles. The SMILES string of the molecule is O=C1CC(C(=O)N2CCCN(Cc3cccnc3)CC2)c2cc(F)ccc2N1. The molecule has 1 N–H and O–H groups in total. The summed E-state index contributed by atoms with van der Waals surface area (Å²) in [5.74, 6) is -1.31. The Morgan fingerprint density at radius 1 is 1.21 bits per heavy atom. The van der Waals surface area contributed by atoms with Gasteiger partial charge in [-0.05, 0) is 41.8 Å². The number of carbonyl (C=O) groups is 2. The first-order chi connectivity index (χ1) is 13.6. The summed E-state index contributed by atoms with van der Waals surface area (Å²) in [7, 11) is 0. The van der Waals surface area contributed by atoms with Crippen LogP contribution in [0.2, 0.25) is 0 Å². The predicted octanol–water partition coefficient (Wildman–Crippen LogP) is 2.38. The number of nitrogens with zero attached hydrogens (tertiary/aromatic N) is 3. The molecule has 0 spiro atoms. The van der Waals surface area contributed by atoms with Gasteiger partial charge < -0.3 is 10.2 Å². The second kappa shape index (κ2) is 8.06. The normalized spacial score (nSPS) is 20.2. The summed E-state index contributed by atoms with van der Waals surface area (Å²) in [5, 5.41) is 2.73. The van der Waals surface area contributed by atoms with Crippen LogP contribution in [-0.2, 0) is 16.1 Å². The van der Waals surface area contributed by atoms with E-state index in [0.717, 1.165) is 31.6 Å². The molecule has 7 heteroatoms. The third-order valence-corrected chi connectivity index (χ3v) is 5.38. The lowest BCUT2D eigenvalue weighted by Gasteiger charge is -2.30. The molecule has 1 aromatic carbocycles. The number of amides is 2. The lowest BCUT2D eigenvalue weighted by atomic mass is 9.89. The molecule has 1 fully saturated rings. The Hall–Kier alpha value is -2.80. The van der Waals surface area contributed by atoms with Crippen LogP contribution in [0, 0.1) is 5.82 Å². The average Bonchev–Trinajstić information content (AvgIpc) is 2.93. The van der Waals surface area contributed by atoms with Crippen molar-refractivity contribution in [2.45, 2.75) is 25.3 Å². The molecule has 2 aliphatic heterocycles. The fourth-order valence-corrected chi connectivity index (χ4v) is 3.97. The van der Waals surface area contributed by atoms with Gasteiger partial charge in [-0.3, -0.25) is 19.5 Å². The largest absolute Gasteiger partial charge is 0.341 e. The average molecular weight is 382 g/mol. The monoisotopic (exact) mass is 382 g/mol. The minimum Gasteiger partial charge on any atom is -0.341 e. The maximum absolute atomic E-state index is 13.7. The standard InChI is InChI=1S/C21H23FN4O2/c22-16-4-5-19-17(11-16)18(12-20(27)24-19)21(28)26-8-2-7-25(9-10-26)14-15-3-1-6-23-13-15/h1,3-6,11,13,18H,2,7-10,12,14H2,(H,24,27). The van der Waals surface area contributed by atoms with Gasteiger partial charge in [0.25, 0.3) is 0 Å². The zero-order valence-electron chi connectivity index (χ0n) is 15.6. The van der Waals surface area contributed by atoms with Gasteiger partial charge in [0.15, 0.2) is 0 Å². The summed E-state index contributed by atoms with van der Waals surface area (Å²) >= 11 is 0. The van der Waals surface area contributed by atoms with Crippen LogP contribution in [-0.4, -0.2) is 52.8 Å². The molecule has 1 aromatic heterocycles. The number of nitrogens with one attached hydrogen (secondary N) is 1. The van der Waals surface area contributed by atoms with Crippen LogP contribution < -0.4 is 5.32 Å². The Kier molecular flexibility index (Phi) is 5.34. The Morgan fingerprint density at radius 3 is 2.93 bits per heavy atom. The number of anilines is 1. The molecule has 1 unspecified atom stereocenters. The van der Waals surface area contributed by atoms with Gasteiger partial charge in [-0.25, -0.2) is 4.39 Å². The van der Waals surface area contributed by atoms with Crippen molar-refractivity contribution in [2.75, 3.05) is 31.5 Å². The second-order valence-corrected chi connectivity index (χ2v) is 7.35. The highest BCUT2D eigenvalue weighted by atomic mass is 19.1. The minimum atomic E-state index is -0.621. The number of hydrogen-bond acceptors (Lipinski definition) is 4. The van der Waals surface area contributed by atoms with Crippen LogP contribution >= 0.6 is 0 Å². The lowest BCUT2D eigenvalue weighted by Crippen LogP contribution is -2.40. The number of aromatic nitrogens is 1. The highest BCUT2D eigenvalue weighted by Gasteiger charge is 2.34. The molecule has 6 nitrogen and oxygen atoms in total. The first-order valence-corrected chi connectivity index (χ1v) is 9.59. The molecule has 0 radical (unpaired) electrons. The highest BCUT2D eigenvalue weighted by molar-refractivity contribution is 6.01. The molecular weight excluding hydrogens is 359 g/mol. The van der Waals surface area contributed by atoms with E-state index in [1.165, 1.54) is 18.2 Å². The van der Waals surface area contributed by atoms with E-state index >= 15 is 0 Å². The fourth-order valence-electron chi connectivity index (χ4n) is 3.97. The van der Waals surface area contributed by atoms with Gasteiger partial charge in [0, 0.05) is 57.2 Å². The molecule has 2 amide bonds. The van der Waals surface area contributed by atoms with Crippen molar-refractivity contribution in [1.29, 1.82) is 0 Å². The Bertz CT molecular complexity index is 874. The maximum Gasteiger partial charge on any atom is 0.230 e. The number of hydrogen-bond donors (Lipinski definition) is 1. The third kappa shape index (κ3) is 4.04. The second-order valence-electron chi connectivity index (χ2n) is 7.35. The van der Waals surface area contributed by atoms with Crippen molar-refractivity contribution < 1.29 is 14.0 Å². The predicted molar refractivity (Wildman–Crippen MR) is 103 cm³/mol. The summed E-state index contributed by atoms with van der Waals surface area (Å²) < 4.78 is 13.7. The zero-order valence-corrected chi connectivity index (χ0v) is 15.6. The summed E-state index contributed by atoms with van der Waals surface area (Å²) in [5.41, 5.74) is 2.25. The van der Waals surface area contributed by atoms with E-state index in [0.29, 0.717) is 24.3 Å². The van der Waals surface area contributed by atoms with Gasteiger partial charge in [-0.1, -0.05) is 6.07 Å². The van der Waals surface area contributed by atoms with Gasteiger partial charge >= 0.3 is 0 Å². The van der Waals surface area contributed by atoms with E-state index in [9.17, 15) is 14.0 Å². The molecule has 1 saturated heterocycles. The number of carbonyl (C=O) groups excluding carboxylic acids is 2. The molecule has 0 bridgehead atoms. The number of pyridine rings is 1. The van der Waals surface area contributed by atoms with E-state index in [-0.39, 0.29) is 18.2 Å². The van der Waals surface area contributed by atoms with Crippen molar-refractivity contribution in [3.63, 3.8) is 0 Å². The van der Waals surface area contributed by atoms with Gasteiger partial charge in [0.1, 0.15) is 5.82 Å². The summed E-state index contributed by atoms with van der Waals surface area (Å²) in [6.07, 6.45) is 4.54. The van der Waals surface area contributed by atoms with Crippen LogP contribution in [0.5, 0.6) is 0 Å². The maximum atomic E-state index is 13.7. The number of halogens is 1. The smallest absolute Gasteiger partial charge is 0.230 e. The molecule has 28 heavy (non-hydrogen) atoms. The topological polar surface area (TPSA) is 65.5 Å². The van der Waals surface area contributed by atoms with Crippen LogP contribution in [0.4, 0.5) is 10.1 Å². The van der Waals surface area contributed by atoms with Crippen molar-refractivity contribution in [3.8, 4) is 0 Å². The van der Waals surface area contributed by atoms with E-state index in [2.05, 4.69) is 15.2 Å².